The summed E-state index contributed by atoms with van der Waals surface area (Å²) >= 11 is 0. The van der Waals surface area contributed by atoms with Gasteiger partial charge in [-0.1, -0.05) is 12.1 Å². The highest BCUT2D eigenvalue weighted by molar-refractivity contribution is 5.83. The SMILES string of the molecule is OCCCn1cc(Nc2nc(-c3ccc4cn[nH]c4c3)cn3ccnc23)cn1. The molecule has 0 aliphatic heterocycles. The molecule has 0 spiro atoms. The third-order valence-electron chi connectivity index (χ3n) is 4.55. The van der Waals surface area contributed by atoms with Gasteiger partial charge in [0.2, 0.25) is 0 Å². The Morgan fingerprint density at radius 2 is 2.14 bits per heavy atom. The number of hydrogen-bond acceptors (Lipinski definition) is 6. The van der Waals surface area contributed by atoms with Gasteiger partial charge < -0.3 is 14.8 Å². The number of rotatable bonds is 6. The second-order valence-corrected chi connectivity index (χ2v) is 6.50. The summed E-state index contributed by atoms with van der Waals surface area (Å²) in [7, 11) is 0. The van der Waals surface area contributed by atoms with Crippen LogP contribution < -0.4 is 5.32 Å². The molecule has 1 aromatic carbocycles. The Morgan fingerprint density at radius 1 is 1.18 bits per heavy atom. The lowest BCUT2D eigenvalue weighted by Crippen LogP contribution is -2.01. The molecule has 5 rings (SSSR count). The molecular formula is C19H18N8O. The lowest BCUT2D eigenvalue weighted by molar-refractivity contribution is 0.277. The third kappa shape index (κ3) is 2.97. The van der Waals surface area contributed by atoms with Gasteiger partial charge in [0.25, 0.3) is 0 Å². The Hall–Kier alpha value is -3.72. The van der Waals surface area contributed by atoms with E-state index in [1.807, 2.05) is 41.2 Å². The van der Waals surface area contributed by atoms with E-state index in [1.165, 1.54) is 0 Å². The highest BCUT2D eigenvalue weighted by atomic mass is 16.3. The van der Waals surface area contributed by atoms with Gasteiger partial charge in [0, 0.05) is 48.9 Å². The lowest BCUT2D eigenvalue weighted by Gasteiger charge is -2.09. The molecule has 3 N–H and O–H groups in total. The number of imidazole rings is 1. The largest absolute Gasteiger partial charge is 0.396 e. The van der Waals surface area contributed by atoms with Crippen LogP contribution in [-0.4, -0.2) is 46.1 Å². The van der Waals surface area contributed by atoms with Gasteiger partial charge in [0.15, 0.2) is 11.5 Å². The standard InChI is InChI=1S/C19H18N8O/c28-7-1-5-27-11-15(10-22-27)23-18-19-20-4-6-26(19)12-17(24-18)13-2-3-14-9-21-25-16(14)8-13/h2-4,6,8-12,28H,1,5,7H2,(H,21,25)(H,23,24). The number of nitrogens with one attached hydrogen (secondary N) is 2. The van der Waals surface area contributed by atoms with Crippen molar-refractivity contribution in [2.45, 2.75) is 13.0 Å². The molecule has 0 saturated carbocycles. The first-order valence-corrected chi connectivity index (χ1v) is 8.98. The maximum absolute atomic E-state index is 8.97. The molecule has 0 bridgehead atoms. The van der Waals surface area contributed by atoms with Crippen LogP contribution in [0.1, 0.15) is 6.42 Å². The van der Waals surface area contributed by atoms with E-state index in [0.29, 0.717) is 18.8 Å². The summed E-state index contributed by atoms with van der Waals surface area (Å²) in [5.41, 5.74) is 4.31. The highest BCUT2D eigenvalue weighted by Gasteiger charge is 2.11. The van der Waals surface area contributed by atoms with Gasteiger partial charge in [0.05, 0.1) is 29.3 Å². The van der Waals surface area contributed by atoms with Gasteiger partial charge >= 0.3 is 0 Å². The number of hydrogen-bond donors (Lipinski definition) is 3. The summed E-state index contributed by atoms with van der Waals surface area (Å²) in [6, 6.07) is 6.08. The summed E-state index contributed by atoms with van der Waals surface area (Å²) in [5.74, 6) is 0.647. The monoisotopic (exact) mass is 374 g/mol. The van der Waals surface area contributed by atoms with E-state index < -0.39 is 0 Å². The summed E-state index contributed by atoms with van der Waals surface area (Å²) in [6.45, 7) is 0.802. The molecule has 9 heteroatoms. The fourth-order valence-corrected chi connectivity index (χ4v) is 3.17. The van der Waals surface area contributed by atoms with Crippen molar-refractivity contribution in [3.8, 4) is 11.3 Å². The van der Waals surface area contributed by atoms with Crippen molar-refractivity contribution >= 4 is 28.1 Å². The number of aryl methyl sites for hydroxylation is 1. The minimum absolute atomic E-state index is 0.140. The van der Waals surface area contributed by atoms with E-state index in [0.717, 1.165) is 33.5 Å². The van der Waals surface area contributed by atoms with E-state index >= 15 is 0 Å². The third-order valence-corrected chi connectivity index (χ3v) is 4.55. The second-order valence-electron chi connectivity index (χ2n) is 6.50. The number of H-pyrrole nitrogens is 1. The van der Waals surface area contributed by atoms with Crippen LogP contribution in [0.3, 0.4) is 0 Å². The van der Waals surface area contributed by atoms with E-state index in [4.69, 9.17) is 10.1 Å². The molecular weight excluding hydrogens is 356 g/mol. The summed E-state index contributed by atoms with van der Waals surface area (Å²) in [5, 5.41) is 24.7. The fourth-order valence-electron chi connectivity index (χ4n) is 3.17. The number of aromatic amines is 1. The number of aliphatic hydroxyl groups is 1. The molecule has 4 aromatic heterocycles. The summed E-state index contributed by atoms with van der Waals surface area (Å²) in [4.78, 5) is 9.20. The van der Waals surface area contributed by atoms with Crippen molar-refractivity contribution in [1.29, 1.82) is 0 Å². The van der Waals surface area contributed by atoms with Crippen molar-refractivity contribution < 1.29 is 5.11 Å². The topological polar surface area (TPSA) is 109 Å². The number of fused-ring (bicyclic) bond motifs is 2. The van der Waals surface area contributed by atoms with Crippen LogP contribution in [-0.2, 0) is 6.54 Å². The molecule has 0 unspecified atom stereocenters. The maximum atomic E-state index is 8.97. The van der Waals surface area contributed by atoms with Crippen LogP contribution in [0.5, 0.6) is 0 Å². The molecule has 9 nitrogen and oxygen atoms in total. The second kappa shape index (κ2) is 6.78. The maximum Gasteiger partial charge on any atom is 0.180 e. The molecule has 28 heavy (non-hydrogen) atoms. The summed E-state index contributed by atoms with van der Waals surface area (Å²) < 4.78 is 3.73. The highest BCUT2D eigenvalue weighted by Crippen LogP contribution is 2.26. The van der Waals surface area contributed by atoms with Gasteiger partial charge in [-0.25, -0.2) is 9.97 Å². The van der Waals surface area contributed by atoms with E-state index in [1.54, 1.807) is 23.3 Å². The number of aromatic nitrogens is 7. The molecule has 140 valence electrons. The Morgan fingerprint density at radius 3 is 3.07 bits per heavy atom. The molecule has 0 aliphatic rings. The number of anilines is 2. The lowest BCUT2D eigenvalue weighted by atomic mass is 10.1. The molecule has 0 aliphatic carbocycles. The normalized spacial score (nSPS) is 11.5. The number of nitrogens with zero attached hydrogens (tertiary/aromatic N) is 6. The molecule has 0 amide bonds. The van der Waals surface area contributed by atoms with Crippen LogP contribution in [0, 0.1) is 0 Å². The Kier molecular flexibility index (Phi) is 3.99. The quantitative estimate of drug-likeness (QED) is 0.421. The smallest absolute Gasteiger partial charge is 0.180 e. The van der Waals surface area contributed by atoms with Crippen LogP contribution >= 0.6 is 0 Å². The first kappa shape index (κ1) is 16.5. The van der Waals surface area contributed by atoms with Gasteiger partial charge in [-0.2, -0.15) is 10.2 Å². The average Bonchev–Trinajstić information content (AvgIpc) is 3.45. The van der Waals surface area contributed by atoms with Crippen LogP contribution in [0.15, 0.2) is 55.4 Å². The molecule has 5 aromatic rings. The van der Waals surface area contributed by atoms with E-state index in [9.17, 15) is 0 Å². The van der Waals surface area contributed by atoms with Crippen molar-refractivity contribution in [2.75, 3.05) is 11.9 Å². The Bertz CT molecular complexity index is 1250. The summed E-state index contributed by atoms with van der Waals surface area (Å²) in [6.07, 6.45) is 11.7. The predicted molar refractivity (Wildman–Crippen MR) is 105 cm³/mol. The molecule has 4 heterocycles. The van der Waals surface area contributed by atoms with Gasteiger partial charge in [-0.3, -0.25) is 9.78 Å². The van der Waals surface area contributed by atoms with Gasteiger partial charge in [0.1, 0.15) is 0 Å². The zero-order valence-electron chi connectivity index (χ0n) is 14.9. The zero-order valence-corrected chi connectivity index (χ0v) is 14.9. The Labute approximate surface area is 159 Å². The molecule has 0 saturated heterocycles. The van der Waals surface area contributed by atoms with Crippen molar-refractivity contribution in [1.82, 2.24) is 34.3 Å². The van der Waals surface area contributed by atoms with E-state index in [2.05, 4.69) is 25.6 Å². The number of benzene rings is 1. The molecule has 0 atom stereocenters. The van der Waals surface area contributed by atoms with Crippen LogP contribution in [0.4, 0.5) is 11.5 Å². The van der Waals surface area contributed by atoms with Crippen molar-refractivity contribution in [2.24, 2.45) is 0 Å². The molecule has 0 fully saturated rings. The predicted octanol–water partition coefficient (Wildman–Crippen LogP) is 2.60. The number of aliphatic hydroxyl groups excluding tert-OH is 1. The minimum atomic E-state index is 0.140. The molecule has 0 radical (unpaired) electrons. The minimum Gasteiger partial charge on any atom is -0.396 e. The van der Waals surface area contributed by atoms with Crippen molar-refractivity contribution in [3.05, 3.63) is 55.4 Å². The zero-order chi connectivity index (χ0) is 18.9. The Balaban J connectivity index is 1.53. The van der Waals surface area contributed by atoms with Crippen LogP contribution in [0.25, 0.3) is 27.8 Å². The van der Waals surface area contributed by atoms with E-state index in [-0.39, 0.29) is 6.61 Å². The average molecular weight is 374 g/mol. The van der Waals surface area contributed by atoms with Crippen LogP contribution in [0.2, 0.25) is 0 Å². The fraction of sp³-hybridized carbons (Fsp3) is 0.158. The van der Waals surface area contributed by atoms with Crippen molar-refractivity contribution in [3.63, 3.8) is 0 Å². The van der Waals surface area contributed by atoms with Gasteiger partial charge in [-0.15, -0.1) is 0 Å². The first-order valence-electron chi connectivity index (χ1n) is 8.98. The first-order chi connectivity index (χ1) is 13.8. The van der Waals surface area contributed by atoms with Gasteiger partial charge in [-0.05, 0) is 12.5 Å².